The number of amides is 1. The lowest BCUT2D eigenvalue weighted by atomic mass is 10.1. The van der Waals surface area contributed by atoms with Crippen LogP contribution in [0.3, 0.4) is 0 Å². The predicted octanol–water partition coefficient (Wildman–Crippen LogP) is 4.14. The molecule has 1 saturated heterocycles. The Morgan fingerprint density at radius 1 is 1.14 bits per heavy atom. The standard InChI is InChI=1S/C24H29N3O2/c1-27(22-11-14-29-15-12-22)17-18-6-8-21(9-7-18)26-24(28)20-10-13-25-23-5-3-2-4-19(23)16-20/h2-9,16,22,25H,10-15,17H2,1H3,(H,26,28). The van der Waals surface area contributed by atoms with Gasteiger partial charge in [0.2, 0.25) is 0 Å². The molecule has 5 heteroatoms. The van der Waals surface area contributed by atoms with Gasteiger partial charge in [0.05, 0.1) is 0 Å². The molecule has 2 aliphatic heterocycles. The summed E-state index contributed by atoms with van der Waals surface area (Å²) in [4.78, 5) is 15.2. The molecule has 1 amide bonds. The molecule has 0 saturated carbocycles. The normalized spacial score (nSPS) is 17.1. The molecule has 5 nitrogen and oxygen atoms in total. The van der Waals surface area contributed by atoms with Gasteiger partial charge in [-0.2, -0.15) is 0 Å². The third kappa shape index (κ3) is 5.05. The van der Waals surface area contributed by atoms with Gasteiger partial charge in [0.15, 0.2) is 0 Å². The van der Waals surface area contributed by atoms with Crippen LogP contribution in [-0.2, 0) is 16.1 Å². The van der Waals surface area contributed by atoms with Gasteiger partial charge in [-0.15, -0.1) is 0 Å². The molecule has 2 aromatic rings. The van der Waals surface area contributed by atoms with Crippen LogP contribution in [0.2, 0.25) is 0 Å². The van der Waals surface area contributed by atoms with E-state index < -0.39 is 0 Å². The smallest absolute Gasteiger partial charge is 0.251 e. The van der Waals surface area contributed by atoms with Crippen LogP contribution in [-0.4, -0.2) is 43.7 Å². The van der Waals surface area contributed by atoms with E-state index in [2.05, 4.69) is 34.7 Å². The molecule has 2 N–H and O–H groups in total. The van der Waals surface area contributed by atoms with E-state index in [1.54, 1.807) is 0 Å². The number of ether oxygens (including phenoxy) is 1. The highest BCUT2D eigenvalue weighted by molar-refractivity contribution is 6.07. The molecule has 0 atom stereocenters. The van der Waals surface area contributed by atoms with Crippen molar-refractivity contribution in [2.24, 2.45) is 0 Å². The maximum Gasteiger partial charge on any atom is 0.251 e. The zero-order valence-electron chi connectivity index (χ0n) is 17.0. The largest absolute Gasteiger partial charge is 0.384 e. The first-order valence-electron chi connectivity index (χ1n) is 10.4. The van der Waals surface area contributed by atoms with Gasteiger partial charge >= 0.3 is 0 Å². The Balaban J connectivity index is 1.37. The minimum atomic E-state index is -0.0319. The number of carbonyl (C=O) groups is 1. The fourth-order valence-electron chi connectivity index (χ4n) is 4.00. The van der Waals surface area contributed by atoms with Crippen LogP contribution in [0.4, 0.5) is 11.4 Å². The van der Waals surface area contributed by atoms with Crippen molar-refractivity contribution >= 4 is 23.4 Å². The summed E-state index contributed by atoms with van der Waals surface area (Å²) >= 11 is 0. The van der Waals surface area contributed by atoms with E-state index in [0.29, 0.717) is 12.5 Å². The van der Waals surface area contributed by atoms with Gasteiger partial charge in [0.25, 0.3) is 5.91 Å². The topological polar surface area (TPSA) is 53.6 Å². The number of hydrogen-bond donors (Lipinski definition) is 2. The third-order valence-electron chi connectivity index (χ3n) is 5.75. The Hall–Kier alpha value is -2.63. The molecule has 0 unspecified atom stereocenters. The molecule has 2 aromatic carbocycles. The Morgan fingerprint density at radius 3 is 2.69 bits per heavy atom. The summed E-state index contributed by atoms with van der Waals surface area (Å²) in [5.74, 6) is -0.0319. The van der Waals surface area contributed by atoms with Crippen LogP contribution in [0.5, 0.6) is 0 Å². The van der Waals surface area contributed by atoms with Crippen LogP contribution in [0.15, 0.2) is 54.1 Å². The van der Waals surface area contributed by atoms with Crippen molar-refractivity contribution in [2.75, 3.05) is 37.4 Å². The summed E-state index contributed by atoms with van der Waals surface area (Å²) in [6.07, 6.45) is 4.88. The molecular weight excluding hydrogens is 362 g/mol. The molecule has 1 fully saturated rings. The SMILES string of the molecule is CN(Cc1ccc(NC(=O)C2=Cc3ccccc3NCC2)cc1)C1CCOCC1. The van der Waals surface area contributed by atoms with Crippen LogP contribution in [0, 0.1) is 0 Å². The third-order valence-corrected chi connectivity index (χ3v) is 5.75. The van der Waals surface area contributed by atoms with Crippen LogP contribution in [0.25, 0.3) is 6.08 Å². The van der Waals surface area contributed by atoms with E-state index in [9.17, 15) is 4.79 Å². The van der Waals surface area contributed by atoms with Gasteiger partial charge in [-0.05, 0) is 61.7 Å². The van der Waals surface area contributed by atoms with E-state index >= 15 is 0 Å². The highest BCUT2D eigenvalue weighted by Gasteiger charge is 2.18. The Morgan fingerprint density at radius 2 is 1.90 bits per heavy atom. The van der Waals surface area contributed by atoms with E-state index in [1.807, 2.05) is 42.5 Å². The number of rotatable bonds is 5. The highest BCUT2D eigenvalue weighted by Crippen LogP contribution is 2.24. The van der Waals surface area contributed by atoms with Crippen molar-refractivity contribution in [1.29, 1.82) is 0 Å². The Bertz CT molecular complexity index is 870. The molecule has 0 aromatic heterocycles. The Kier molecular flexibility index (Phi) is 6.27. The average molecular weight is 392 g/mol. The van der Waals surface area contributed by atoms with Gasteiger partial charge in [-0.1, -0.05) is 30.3 Å². The van der Waals surface area contributed by atoms with Crippen molar-refractivity contribution in [1.82, 2.24) is 4.90 Å². The fourth-order valence-corrected chi connectivity index (χ4v) is 4.00. The summed E-state index contributed by atoms with van der Waals surface area (Å²) in [5.41, 5.74) is 5.02. The zero-order chi connectivity index (χ0) is 20.1. The zero-order valence-corrected chi connectivity index (χ0v) is 17.0. The van der Waals surface area contributed by atoms with E-state index in [-0.39, 0.29) is 5.91 Å². The summed E-state index contributed by atoms with van der Waals surface area (Å²) in [6.45, 7) is 3.38. The Labute approximate surface area is 172 Å². The molecule has 2 heterocycles. The van der Waals surface area contributed by atoms with Gasteiger partial charge < -0.3 is 15.4 Å². The van der Waals surface area contributed by atoms with E-state index in [4.69, 9.17) is 4.74 Å². The van der Waals surface area contributed by atoms with Crippen LogP contribution in [0.1, 0.15) is 30.4 Å². The quantitative estimate of drug-likeness (QED) is 0.805. The number of para-hydroxylation sites is 1. The lowest BCUT2D eigenvalue weighted by Gasteiger charge is -2.31. The number of nitrogens with one attached hydrogen (secondary N) is 2. The van der Waals surface area contributed by atoms with Crippen molar-refractivity contribution < 1.29 is 9.53 Å². The number of anilines is 2. The van der Waals surface area contributed by atoms with Crippen LogP contribution < -0.4 is 10.6 Å². The lowest BCUT2D eigenvalue weighted by Crippen LogP contribution is -2.36. The monoisotopic (exact) mass is 391 g/mol. The van der Waals surface area contributed by atoms with Gasteiger partial charge in [-0.3, -0.25) is 9.69 Å². The number of fused-ring (bicyclic) bond motifs is 1. The maximum atomic E-state index is 12.8. The average Bonchev–Trinajstić information content (AvgIpc) is 2.98. The molecule has 29 heavy (non-hydrogen) atoms. The lowest BCUT2D eigenvalue weighted by molar-refractivity contribution is -0.112. The molecular formula is C24H29N3O2. The molecule has 0 spiro atoms. The predicted molar refractivity (Wildman–Crippen MR) is 118 cm³/mol. The van der Waals surface area contributed by atoms with Crippen molar-refractivity contribution in [3.05, 3.63) is 65.2 Å². The van der Waals surface area contributed by atoms with Crippen molar-refractivity contribution in [3.63, 3.8) is 0 Å². The number of carbonyl (C=O) groups excluding carboxylic acids is 1. The second kappa shape index (κ2) is 9.25. The first-order valence-corrected chi connectivity index (χ1v) is 10.4. The summed E-state index contributed by atoms with van der Waals surface area (Å²) in [6, 6.07) is 16.9. The van der Waals surface area contributed by atoms with E-state index in [1.165, 1.54) is 5.56 Å². The van der Waals surface area contributed by atoms with Gasteiger partial charge in [0, 0.05) is 49.3 Å². The molecule has 4 rings (SSSR count). The van der Waals surface area contributed by atoms with Gasteiger partial charge in [0.1, 0.15) is 0 Å². The minimum absolute atomic E-state index is 0.0319. The summed E-state index contributed by atoms with van der Waals surface area (Å²) in [7, 11) is 2.18. The number of hydrogen-bond acceptors (Lipinski definition) is 4. The molecule has 0 bridgehead atoms. The molecule has 0 radical (unpaired) electrons. The minimum Gasteiger partial charge on any atom is -0.384 e. The molecule has 0 aliphatic carbocycles. The number of benzene rings is 2. The first-order chi connectivity index (χ1) is 14.2. The number of nitrogens with zero attached hydrogens (tertiary/aromatic N) is 1. The van der Waals surface area contributed by atoms with E-state index in [0.717, 1.165) is 61.7 Å². The highest BCUT2D eigenvalue weighted by atomic mass is 16.5. The second-order valence-corrected chi connectivity index (χ2v) is 7.84. The first kappa shape index (κ1) is 19.7. The summed E-state index contributed by atoms with van der Waals surface area (Å²) < 4.78 is 5.45. The second-order valence-electron chi connectivity index (χ2n) is 7.84. The van der Waals surface area contributed by atoms with Crippen molar-refractivity contribution in [3.8, 4) is 0 Å². The molecule has 152 valence electrons. The fraction of sp³-hybridized carbons (Fsp3) is 0.375. The van der Waals surface area contributed by atoms with Crippen LogP contribution >= 0.6 is 0 Å². The maximum absolute atomic E-state index is 12.8. The van der Waals surface area contributed by atoms with Gasteiger partial charge in [-0.25, -0.2) is 0 Å². The summed E-state index contributed by atoms with van der Waals surface area (Å²) in [5, 5.41) is 6.43. The van der Waals surface area contributed by atoms with Crippen molar-refractivity contribution in [2.45, 2.75) is 31.8 Å². The molecule has 2 aliphatic rings.